The molecule has 2 aromatic carbocycles. The molecule has 1 aliphatic heterocycles. The Morgan fingerprint density at radius 3 is 2.61 bits per heavy atom. The molecule has 1 aliphatic rings. The molecule has 2 heterocycles. The van der Waals surface area contributed by atoms with Gasteiger partial charge in [0.1, 0.15) is 18.2 Å². The minimum atomic E-state index is -0.635. The van der Waals surface area contributed by atoms with Gasteiger partial charge in [-0.1, -0.05) is 18.2 Å². The predicted octanol–water partition coefficient (Wildman–Crippen LogP) is 4.43. The van der Waals surface area contributed by atoms with Crippen LogP contribution in [0, 0.1) is 11.6 Å². The molecule has 156 valence electrons. The summed E-state index contributed by atoms with van der Waals surface area (Å²) in [5, 5.41) is 1.85. The second kappa shape index (κ2) is 8.57. The first-order valence-electron chi connectivity index (χ1n) is 9.15. The van der Waals surface area contributed by atoms with Crippen LogP contribution in [-0.4, -0.2) is 33.1 Å². The van der Waals surface area contributed by atoms with E-state index >= 15 is 0 Å². The zero-order valence-corrected chi connectivity index (χ0v) is 16.7. The topological polar surface area (TPSA) is 71.4 Å². The van der Waals surface area contributed by atoms with E-state index in [1.165, 1.54) is 30.3 Å². The summed E-state index contributed by atoms with van der Waals surface area (Å²) >= 11 is 0.690. The Morgan fingerprint density at radius 1 is 1.03 bits per heavy atom. The van der Waals surface area contributed by atoms with Crippen molar-refractivity contribution in [1.82, 2.24) is 9.47 Å². The highest BCUT2D eigenvalue weighted by molar-refractivity contribution is 8.18. The molecule has 1 N–H and O–H groups in total. The lowest BCUT2D eigenvalue weighted by atomic mass is 10.3. The summed E-state index contributed by atoms with van der Waals surface area (Å²) in [6, 6.07) is 14.8. The van der Waals surface area contributed by atoms with E-state index in [2.05, 4.69) is 5.32 Å². The van der Waals surface area contributed by atoms with E-state index < -0.39 is 35.2 Å². The summed E-state index contributed by atoms with van der Waals surface area (Å²) in [5.74, 6) is -2.23. The van der Waals surface area contributed by atoms with Gasteiger partial charge in [0.05, 0.1) is 10.6 Å². The quantitative estimate of drug-likeness (QED) is 0.597. The van der Waals surface area contributed by atoms with Crippen LogP contribution in [0.1, 0.15) is 5.69 Å². The van der Waals surface area contributed by atoms with E-state index in [1.807, 2.05) is 0 Å². The summed E-state index contributed by atoms with van der Waals surface area (Å²) in [5.41, 5.74) is 1.02. The van der Waals surface area contributed by atoms with Crippen LogP contribution in [0.3, 0.4) is 0 Å². The standard InChI is InChI=1S/C22H15F2N3O3S/c23-14-5-3-6-15(11-14)25-20(28)13-27-21(29)19(31-22(27)30)12-16-7-4-10-26(16)18-9-2-1-8-17(18)24/h1-12H,13H2,(H,25,28)/b19-12+. The predicted molar refractivity (Wildman–Crippen MR) is 113 cm³/mol. The van der Waals surface area contributed by atoms with Gasteiger partial charge < -0.3 is 9.88 Å². The molecule has 0 atom stereocenters. The summed E-state index contributed by atoms with van der Waals surface area (Å²) < 4.78 is 29.0. The lowest BCUT2D eigenvalue weighted by Crippen LogP contribution is -2.36. The number of carbonyl (C=O) groups is 3. The third-order valence-corrected chi connectivity index (χ3v) is 5.36. The van der Waals surface area contributed by atoms with Gasteiger partial charge in [0.15, 0.2) is 0 Å². The minimum Gasteiger partial charge on any atom is -0.324 e. The zero-order valence-electron chi connectivity index (χ0n) is 15.9. The van der Waals surface area contributed by atoms with Gasteiger partial charge in [-0.25, -0.2) is 8.78 Å². The smallest absolute Gasteiger partial charge is 0.294 e. The second-order valence-electron chi connectivity index (χ2n) is 6.58. The molecule has 31 heavy (non-hydrogen) atoms. The maximum atomic E-state index is 14.2. The number of benzene rings is 2. The fourth-order valence-corrected chi connectivity index (χ4v) is 3.88. The average Bonchev–Trinajstić information content (AvgIpc) is 3.28. The summed E-state index contributed by atoms with van der Waals surface area (Å²) in [4.78, 5) is 38.1. The van der Waals surface area contributed by atoms with Crippen molar-refractivity contribution in [1.29, 1.82) is 0 Å². The van der Waals surface area contributed by atoms with Crippen molar-refractivity contribution in [3.05, 3.63) is 89.1 Å². The number of nitrogens with zero attached hydrogens (tertiary/aromatic N) is 2. The van der Waals surface area contributed by atoms with Crippen LogP contribution in [0.4, 0.5) is 19.3 Å². The molecule has 0 unspecified atom stereocenters. The van der Waals surface area contributed by atoms with E-state index in [1.54, 1.807) is 41.1 Å². The van der Waals surface area contributed by atoms with Crippen LogP contribution in [0.25, 0.3) is 11.8 Å². The van der Waals surface area contributed by atoms with Crippen molar-refractivity contribution in [3.8, 4) is 5.69 Å². The molecule has 6 nitrogen and oxygen atoms in total. The lowest BCUT2D eigenvalue weighted by Gasteiger charge is -2.12. The molecular formula is C22H15F2N3O3S. The molecule has 0 radical (unpaired) electrons. The highest BCUT2D eigenvalue weighted by Crippen LogP contribution is 2.32. The highest BCUT2D eigenvalue weighted by Gasteiger charge is 2.36. The molecule has 9 heteroatoms. The van der Waals surface area contributed by atoms with Gasteiger partial charge >= 0.3 is 0 Å². The van der Waals surface area contributed by atoms with Crippen molar-refractivity contribution >= 4 is 40.6 Å². The van der Waals surface area contributed by atoms with Gasteiger partial charge in [0, 0.05) is 17.6 Å². The molecule has 1 fully saturated rings. The average molecular weight is 439 g/mol. The Morgan fingerprint density at radius 2 is 1.84 bits per heavy atom. The number of amides is 3. The van der Waals surface area contributed by atoms with Crippen LogP contribution < -0.4 is 5.32 Å². The Bertz CT molecular complexity index is 1220. The van der Waals surface area contributed by atoms with Crippen molar-refractivity contribution in [2.75, 3.05) is 11.9 Å². The molecule has 0 saturated carbocycles. The number of rotatable bonds is 5. The Kier molecular flexibility index (Phi) is 5.68. The zero-order chi connectivity index (χ0) is 22.0. The fourth-order valence-electron chi connectivity index (χ4n) is 3.06. The number of hydrogen-bond acceptors (Lipinski definition) is 4. The fraction of sp³-hybridized carbons (Fsp3) is 0.0455. The first-order chi connectivity index (χ1) is 14.9. The van der Waals surface area contributed by atoms with Gasteiger partial charge in [-0.3, -0.25) is 19.3 Å². The monoisotopic (exact) mass is 439 g/mol. The largest absolute Gasteiger partial charge is 0.324 e. The Balaban J connectivity index is 1.51. The highest BCUT2D eigenvalue weighted by atomic mass is 32.2. The van der Waals surface area contributed by atoms with Gasteiger partial charge in [0.25, 0.3) is 11.1 Å². The normalized spacial score (nSPS) is 15.0. The van der Waals surface area contributed by atoms with Crippen LogP contribution in [0.5, 0.6) is 0 Å². The summed E-state index contributed by atoms with van der Waals surface area (Å²) in [6.07, 6.45) is 3.11. The number of hydrogen-bond donors (Lipinski definition) is 1. The third-order valence-electron chi connectivity index (χ3n) is 4.45. The molecule has 3 amide bonds. The maximum absolute atomic E-state index is 14.2. The molecule has 0 aliphatic carbocycles. The summed E-state index contributed by atoms with van der Waals surface area (Å²) in [7, 11) is 0. The van der Waals surface area contributed by atoms with Crippen molar-refractivity contribution in [2.45, 2.75) is 0 Å². The molecule has 0 bridgehead atoms. The second-order valence-corrected chi connectivity index (χ2v) is 7.57. The molecule has 4 rings (SSSR count). The maximum Gasteiger partial charge on any atom is 0.294 e. The van der Waals surface area contributed by atoms with Crippen molar-refractivity contribution in [3.63, 3.8) is 0 Å². The van der Waals surface area contributed by atoms with E-state index in [4.69, 9.17) is 0 Å². The first-order valence-corrected chi connectivity index (χ1v) is 9.97. The van der Waals surface area contributed by atoms with Crippen molar-refractivity contribution < 1.29 is 23.2 Å². The Hall–Kier alpha value is -3.72. The van der Waals surface area contributed by atoms with Crippen LogP contribution in [-0.2, 0) is 9.59 Å². The van der Waals surface area contributed by atoms with Gasteiger partial charge in [-0.05, 0) is 60.3 Å². The van der Waals surface area contributed by atoms with E-state index in [0.29, 0.717) is 23.1 Å². The van der Waals surface area contributed by atoms with Crippen LogP contribution >= 0.6 is 11.8 Å². The number of thioether (sulfide) groups is 1. The number of nitrogens with one attached hydrogen (secondary N) is 1. The van der Waals surface area contributed by atoms with Gasteiger partial charge in [-0.2, -0.15) is 0 Å². The third kappa shape index (κ3) is 4.41. The minimum absolute atomic E-state index is 0.111. The number of aromatic nitrogens is 1. The van der Waals surface area contributed by atoms with E-state index in [-0.39, 0.29) is 10.6 Å². The first kappa shape index (κ1) is 20.5. The number of anilines is 1. The van der Waals surface area contributed by atoms with Gasteiger partial charge in [-0.15, -0.1) is 0 Å². The van der Waals surface area contributed by atoms with E-state index in [0.717, 1.165) is 11.0 Å². The van der Waals surface area contributed by atoms with E-state index in [9.17, 15) is 23.2 Å². The van der Waals surface area contributed by atoms with Crippen LogP contribution in [0.15, 0.2) is 71.8 Å². The molecule has 0 spiro atoms. The number of imide groups is 1. The lowest BCUT2D eigenvalue weighted by molar-refractivity contribution is -0.127. The Labute approximate surface area is 180 Å². The SMILES string of the molecule is O=C(CN1C(=O)S/C(=C/c2cccn2-c2ccccc2F)C1=O)Nc1cccc(F)c1. The molecular weight excluding hydrogens is 424 g/mol. The number of halogens is 2. The molecule has 1 saturated heterocycles. The molecule has 1 aromatic heterocycles. The summed E-state index contributed by atoms with van der Waals surface area (Å²) in [6.45, 7) is -0.507. The van der Waals surface area contributed by atoms with Crippen molar-refractivity contribution in [2.24, 2.45) is 0 Å². The molecule has 3 aromatic rings. The number of carbonyl (C=O) groups excluding carboxylic acids is 3. The van der Waals surface area contributed by atoms with Gasteiger partial charge in [0.2, 0.25) is 5.91 Å². The number of para-hydroxylation sites is 1. The van der Waals surface area contributed by atoms with Crippen LogP contribution in [0.2, 0.25) is 0 Å².